The van der Waals surface area contributed by atoms with Crippen LogP contribution in [0.4, 0.5) is 0 Å². The molecular weight excluding hydrogens is 152 g/mol. The van der Waals surface area contributed by atoms with Crippen LogP contribution in [-0.4, -0.2) is 31.1 Å². The van der Waals surface area contributed by atoms with Crippen molar-refractivity contribution in [3.63, 3.8) is 0 Å². The van der Waals surface area contributed by atoms with Gasteiger partial charge in [-0.2, -0.15) is 0 Å². The molecule has 1 fully saturated rings. The second-order valence-electron chi connectivity index (χ2n) is 3.91. The number of rotatable bonds is 3. The zero-order valence-corrected chi connectivity index (χ0v) is 8.12. The molecule has 1 aliphatic heterocycles. The van der Waals surface area contributed by atoms with Gasteiger partial charge in [-0.3, -0.25) is 0 Å². The molecule has 1 heterocycles. The second-order valence-corrected chi connectivity index (χ2v) is 3.91. The maximum Gasteiger partial charge on any atom is 0.0806 e. The van der Waals surface area contributed by atoms with Crippen LogP contribution < -0.4 is 5.90 Å². The number of hydrogen-bond donors (Lipinski definition) is 1. The minimum Gasteiger partial charge on any atom is -0.303 e. The first-order valence-corrected chi connectivity index (χ1v) is 4.78. The number of nitrogens with two attached hydrogens (primary N) is 1. The second kappa shape index (κ2) is 4.80. The lowest BCUT2D eigenvalue weighted by atomic mass is 9.89. The van der Waals surface area contributed by atoms with Crippen molar-refractivity contribution >= 4 is 0 Å². The highest BCUT2D eigenvalue weighted by Gasteiger charge is 2.21. The van der Waals surface area contributed by atoms with Gasteiger partial charge in [0.2, 0.25) is 0 Å². The summed E-state index contributed by atoms with van der Waals surface area (Å²) in [5, 5.41) is 0. The van der Waals surface area contributed by atoms with Gasteiger partial charge in [0.1, 0.15) is 0 Å². The third-order valence-electron chi connectivity index (χ3n) is 2.94. The molecule has 0 aromatic carbocycles. The van der Waals surface area contributed by atoms with Gasteiger partial charge < -0.3 is 9.74 Å². The number of piperidine rings is 1. The fraction of sp³-hybridized carbons (Fsp3) is 1.00. The van der Waals surface area contributed by atoms with Crippen molar-refractivity contribution in [2.45, 2.75) is 20.3 Å². The molecule has 0 spiro atoms. The van der Waals surface area contributed by atoms with Crippen LogP contribution in [0.5, 0.6) is 0 Å². The predicted molar refractivity (Wildman–Crippen MR) is 49.5 cm³/mol. The monoisotopic (exact) mass is 172 g/mol. The zero-order chi connectivity index (χ0) is 8.97. The van der Waals surface area contributed by atoms with E-state index < -0.39 is 0 Å². The van der Waals surface area contributed by atoms with E-state index in [1.165, 1.54) is 19.5 Å². The van der Waals surface area contributed by atoms with Crippen LogP contribution in [0, 0.1) is 11.8 Å². The van der Waals surface area contributed by atoms with Gasteiger partial charge in [0, 0.05) is 13.1 Å². The quantitative estimate of drug-likeness (QED) is 0.642. The Kier molecular flexibility index (Phi) is 3.98. The van der Waals surface area contributed by atoms with Crippen molar-refractivity contribution in [2.24, 2.45) is 17.7 Å². The highest BCUT2D eigenvalue weighted by Crippen LogP contribution is 2.21. The smallest absolute Gasteiger partial charge is 0.0806 e. The molecule has 72 valence electrons. The topological polar surface area (TPSA) is 38.5 Å². The first kappa shape index (κ1) is 9.96. The number of likely N-dealkylation sites (tertiary alicyclic amines) is 1. The summed E-state index contributed by atoms with van der Waals surface area (Å²) >= 11 is 0. The lowest BCUT2D eigenvalue weighted by Crippen LogP contribution is -2.40. The molecule has 3 nitrogen and oxygen atoms in total. The Bertz CT molecular complexity index is 128. The molecule has 1 rings (SSSR count). The summed E-state index contributed by atoms with van der Waals surface area (Å²) in [4.78, 5) is 6.99. The van der Waals surface area contributed by atoms with Crippen LogP contribution in [0.3, 0.4) is 0 Å². The molecule has 2 N–H and O–H groups in total. The number of nitrogens with zero attached hydrogens (tertiary/aromatic N) is 1. The van der Waals surface area contributed by atoms with Gasteiger partial charge in [-0.1, -0.05) is 13.8 Å². The van der Waals surface area contributed by atoms with Crippen LogP contribution in [0.15, 0.2) is 0 Å². The van der Waals surface area contributed by atoms with Gasteiger partial charge in [-0.15, -0.1) is 0 Å². The molecule has 1 saturated heterocycles. The predicted octanol–water partition coefficient (Wildman–Crippen LogP) is 0.855. The Morgan fingerprint density at radius 2 is 2.17 bits per heavy atom. The van der Waals surface area contributed by atoms with Crippen molar-refractivity contribution in [3.8, 4) is 0 Å². The van der Waals surface area contributed by atoms with Crippen molar-refractivity contribution in [1.82, 2.24) is 4.90 Å². The van der Waals surface area contributed by atoms with Crippen molar-refractivity contribution in [1.29, 1.82) is 0 Å². The summed E-state index contributed by atoms with van der Waals surface area (Å²) in [6.45, 7) is 8.69. The SMILES string of the molecule is CC1CCN(CCON)CC1C. The van der Waals surface area contributed by atoms with Crippen LogP contribution in [0.2, 0.25) is 0 Å². The Morgan fingerprint density at radius 3 is 2.75 bits per heavy atom. The average molecular weight is 172 g/mol. The minimum atomic E-state index is 0.654. The van der Waals surface area contributed by atoms with Gasteiger partial charge in [0.05, 0.1) is 6.61 Å². The molecule has 0 aromatic heterocycles. The maximum absolute atomic E-state index is 4.98. The summed E-state index contributed by atoms with van der Waals surface area (Å²) in [5.41, 5.74) is 0. The standard InChI is InChI=1S/C9H20N2O/c1-8-3-4-11(5-6-12-10)7-9(8)2/h8-9H,3-7,10H2,1-2H3. The van der Waals surface area contributed by atoms with Crippen LogP contribution in [-0.2, 0) is 4.84 Å². The Morgan fingerprint density at radius 1 is 1.42 bits per heavy atom. The van der Waals surface area contributed by atoms with Crippen molar-refractivity contribution in [2.75, 3.05) is 26.2 Å². The Hall–Kier alpha value is -0.120. The average Bonchev–Trinajstić information content (AvgIpc) is 2.07. The minimum absolute atomic E-state index is 0.654. The van der Waals surface area contributed by atoms with Crippen LogP contribution in [0.25, 0.3) is 0 Å². The van der Waals surface area contributed by atoms with Gasteiger partial charge in [0.15, 0.2) is 0 Å². The molecule has 0 bridgehead atoms. The van der Waals surface area contributed by atoms with E-state index in [2.05, 4.69) is 23.6 Å². The third-order valence-corrected chi connectivity index (χ3v) is 2.94. The largest absolute Gasteiger partial charge is 0.303 e. The number of hydrogen-bond acceptors (Lipinski definition) is 3. The summed E-state index contributed by atoms with van der Waals surface area (Å²) in [6.07, 6.45) is 1.31. The highest BCUT2D eigenvalue weighted by molar-refractivity contribution is 4.74. The first-order chi connectivity index (χ1) is 5.74. The third kappa shape index (κ3) is 2.73. The normalized spacial score (nSPS) is 32.2. The summed E-state index contributed by atoms with van der Waals surface area (Å²) < 4.78 is 0. The maximum atomic E-state index is 4.98. The molecule has 12 heavy (non-hydrogen) atoms. The molecule has 2 unspecified atom stereocenters. The van der Waals surface area contributed by atoms with E-state index in [9.17, 15) is 0 Å². The van der Waals surface area contributed by atoms with E-state index in [-0.39, 0.29) is 0 Å². The van der Waals surface area contributed by atoms with Crippen LogP contribution >= 0.6 is 0 Å². The lowest BCUT2D eigenvalue weighted by Gasteiger charge is -2.34. The molecule has 0 aromatic rings. The summed E-state index contributed by atoms with van der Waals surface area (Å²) in [5.74, 6) is 6.67. The van der Waals surface area contributed by atoms with Gasteiger partial charge in [-0.25, -0.2) is 5.90 Å². The summed E-state index contributed by atoms with van der Waals surface area (Å²) in [6, 6.07) is 0. The highest BCUT2D eigenvalue weighted by atomic mass is 16.6. The molecule has 0 radical (unpaired) electrons. The lowest BCUT2D eigenvalue weighted by molar-refractivity contribution is 0.0746. The summed E-state index contributed by atoms with van der Waals surface area (Å²) in [7, 11) is 0. The molecule has 1 aliphatic rings. The van der Waals surface area contributed by atoms with E-state index in [0.717, 1.165) is 18.4 Å². The van der Waals surface area contributed by atoms with Gasteiger partial charge in [-0.05, 0) is 24.8 Å². The zero-order valence-electron chi connectivity index (χ0n) is 8.12. The van der Waals surface area contributed by atoms with Gasteiger partial charge in [0.25, 0.3) is 0 Å². The van der Waals surface area contributed by atoms with E-state index in [1.54, 1.807) is 0 Å². The fourth-order valence-electron chi connectivity index (χ4n) is 1.73. The van der Waals surface area contributed by atoms with Crippen LogP contribution in [0.1, 0.15) is 20.3 Å². The first-order valence-electron chi connectivity index (χ1n) is 4.78. The Labute approximate surface area is 74.8 Å². The van der Waals surface area contributed by atoms with E-state index in [4.69, 9.17) is 5.90 Å². The molecule has 3 heteroatoms. The molecular formula is C9H20N2O. The molecule has 2 atom stereocenters. The Balaban J connectivity index is 2.21. The molecule has 0 amide bonds. The van der Waals surface area contributed by atoms with Crippen molar-refractivity contribution in [3.05, 3.63) is 0 Å². The van der Waals surface area contributed by atoms with Gasteiger partial charge >= 0.3 is 0 Å². The van der Waals surface area contributed by atoms with Crippen molar-refractivity contribution < 1.29 is 4.84 Å². The van der Waals surface area contributed by atoms with E-state index in [0.29, 0.717) is 6.61 Å². The fourth-order valence-corrected chi connectivity index (χ4v) is 1.73. The molecule has 0 aliphatic carbocycles. The van der Waals surface area contributed by atoms with E-state index >= 15 is 0 Å². The van der Waals surface area contributed by atoms with E-state index in [1.807, 2.05) is 0 Å². The molecule has 0 saturated carbocycles.